The van der Waals surface area contributed by atoms with Crippen LogP contribution in [0.4, 0.5) is 10.2 Å². The molecule has 0 aliphatic carbocycles. The molecule has 4 rings (SSSR count). The fraction of sp³-hybridized carbons (Fsp3) is 0.222. The summed E-state index contributed by atoms with van der Waals surface area (Å²) in [5.41, 5.74) is 1.03. The largest absolute Gasteiger partial charge is 0.341 e. The molecule has 0 bridgehead atoms. The standard InChI is InChI=1S/C18H17FN5O4P/c1-29(26)10-27-13-7-12(19)18(28-13)24-9-22-14-15(20-8-21-16(14)24)23-17(25)11-5-3-2-4-6-11/h2-9,13,18,29H,10H2,1H3,(H,20,21,23,25)/t13-,18+/m0/s1. The fourth-order valence-corrected chi connectivity index (χ4v) is 3.21. The van der Waals surface area contributed by atoms with Crippen LogP contribution in [0.2, 0.25) is 0 Å². The van der Waals surface area contributed by atoms with Crippen molar-refractivity contribution in [3.05, 3.63) is 60.5 Å². The van der Waals surface area contributed by atoms with E-state index in [1.54, 1.807) is 37.0 Å². The zero-order valence-electron chi connectivity index (χ0n) is 15.3. The molecule has 0 fully saturated rings. The summed E-state index contributed by atoms with van der Waals surface area (Å²) in [6.07, 6.45) is 1.67. The number of fused-ring (bicyclic) bond motifs is 1. The first kappa shape index (κ1) is 19.4. The van der Waals surface area contributed by atoms with Gasteiger partial charge in [0, 0.05) is 11.6 Å². The van der Waals surface area contributed by atoms with Gasteiger partial charge in [0.1, 0.15) is 12.7 Å². The Morgan fingerprint density at radius 1 is 1.31 bits per heavy atom. The van der Waals surface area contributed by atoms with E-state index in [9.17, 15) is 13.8 Å². The Morgan fingerprint density at radius 2 is 2.10 bits per heavy atom. The lowest BCUT2D eigenvalue weighted by atomic mass is 10.2. The number of nitrogens with one attached hydrogen (secondary N) is 1. The minimum absolute atomic E-state index is 0.00561. The van der Waals surface area contributed by atoms with Crippen LogP contribution in [0.5, 0.6) is 0 Å². The number of benzene rings is 1. The molecule has 0 saturated carbocycles. The second kappa shape index (κ2) is 8.20. The molecule has 3 atom stereocenters. The van der Waals surface area contributed by atoms with Crippen LogP contribution < -0.4 is 5.32 Å². The molecule has 1 aromatic carbocycles. The van der Waals surface area contributed by atoms with Gasteiger partial charge < -0.3 is 19.4 Å². The van der Waals surface area contributed by atoms with E-state index in [0.717, 1.165) is 0 Å². The number of carbonyl (C=O) groups excluding carboxylic acids is 1. The monoisotopic (exact) mass is 417 g/mol. The number of amides is 1. The maximum Gasteiger partial charge on any atom is 0.256 e. The predicted octanol–water partition coefficient (Wildman–Crippen LogP) is 2.95. The molecule has 1 aliphatic rings. The third kappa shape index (κ3) is 4.09. The van der Waals surface area contributed by atoms with Crippen molar-refractivity contribution in [1.29, 1.82) is 0 Å². The molecular weight excluding hydrogens is 400 g/mol. The smallest absolute Gasteiger partial charge is 0.256 e. The molecular formula is C18H17FN5O4P. The highest BCUT2D eigenvalue weighted by Crippen LogP contribution is 2.34. The fourth-order valence-electron chi connectivity index (χ4n) is 2.81. The Bertz CT molecular complexity index is 1100. The first-order valence-corrected chi connectivity index (χ1v) is 10.8. The van der Waals surface area contributed by atoms with Crippen LogP contribution >= 0.6 is 7.80 Å². The van der Waals surface area contributed by atoms with Gasteiger partial charge in [-0.1, -0.05) is 18.2 Å². The van der Waals surface area contributed by atoms with Crippen molar-refractivity contribution in [3.8, 4) is 0 Å². The van der Waals surface area contributed by atoms with E-state index in [1.165, 1.54) is 23.3 Å². The van der Waals surface area contributed by atoms with Crippen molar-refractivity contribution in [3.63, 3.8) is 0 Å². The number of imidazole rings is 1. The van der Waals surface area contributed by atoms with Crippen LogP contribution in [-0.4, -0.2) is 44.7 Å². The molecule has 0 saturated heterocycles. The second-order valence-electron chi connectivity index (χ2n) is 6.29. The van der Waals surface area contributed by atoms with Crippen LogP contribution in [0.25, 0.3) is 11.2 Å². The first-order chi connectivity index (χ1) is 14.0. The molecule has 11 heteroatoms. The lowest BCUT2D eigenvalue weighted by Crippen LogP contribution is -2.16. The molecule has 2 aromatic heterocycles. The minimum atomic E-state index is -1.87. The number of rotatable bonds is 6. The first-order valence-electron chi connectivity index (χ1n) is 8.70. The van der Waals surface area contributed by atoms with E-state index < -0.39 is 26.1 Å². The molecule has 1 N–H and O–H groups in total. The van der Waals surface area contributed by atoms with Crippen molar-refractivity contribution in [2.45, 2.75) is 12.5 Å². The number of halogens is 1. The van der Waals surface area contributed by atoms with E-state index in [1.807, 2.05) is 0 Å². The summed E-state index contributed by atoms with van der Waals surface area (Å²) in [5, 5.41) is 2.69. The number of ether oxygens (including phenoxy) is 2. The zero-order valence-corrected chi connectivity index (χ0v) is 16.3. The van der Waals surface area contributed by atoms with Gasteiger partial charge >= 0.3 is 0 Å². The summed E-state index contributed by atoms with van der Waals surface area (Å²) < 4.78 is 37.8. The van der Waals surface area contributed by atoms with Gasteiger partial charge in [0.05, 0.1) is 14.1 Å². The van der Waals surface area contributed by atoms with Crippen LogP contribution in [0, 0.1) is 0 Å². The third-order valence-corrected chi connectivity index (χ3v) is 4.70. The number of aromatic nitrogens is 4. The van der Waals surface area contributed by atoms with Crippen molar-refractivity contribution in [1.82, 2.24) is 19.5 Å². The normalized spacial score (nSPS) is 19.9. The van der Waals surface area contributed by atoms with Gasteiger partial charge in [0.25, 0.3) is 5.91 Å². The molecule has 3 heterocycles. The maximum atomic E-state index is 14.4. The van der Waals surface area contributed by atoms with E-state index >= 15 is 0 Å². The summed E-state index contributed by atoms with van der Waals surface area (Å²) in [7, 11) is -1.87. The van der Waals surface area contributed by atoms with E-state index in [2.05, 4.69) is 20.3 Å². The van der Waals surface area contributed by atoms with Gasteiger partial charge in [0.15, 0.2) is 35.3 Å². The average Bonchev–Trinajstić information content (AvgIpc) is 3.30. The van der Waals surface area contributed by atoms with E-state index in [4.69, 9.17) is 9.47 Å². The van der Waals surface area contributed by atoms with Crippen LogP contribution in [-0.2, 0) is 14.0 Å². The lowest BCUT2D eigenvalue weighted by Gasteiger charge is -2.15. The van der Waals surface area contributed by atoms with E-state index in [0.29, 0.717) is 5.56 Å². The Balaban J connectivity index is 1.57. The number of anilines is 1. The number of hydrogen-bond acceptors (Lipinski definition) is 7. The molecule has 29 heavy (non-hydrogen) atoms. The molecule has 1 aliphatic heterocycles. The van der Waals surface area contributed by atoms with Gasteiger partial charge in [-0.15, -0.1) is 0 Å². The van der Waals surface area contributed by atoms with Crippen LogP contribution in [0.3, 0.4) is 0 Å². The SMILES string of the molecule is C[PH](=O)CO[C@@H]1C=C(F)[C@H](n2cnc3c(NC(=O)c4ccccc4)ncnc32)O1. The molecule has 0 radical (unpaired) electrons. The number of nitrogens with zero attached hydrogens (tertiary/aromatic N) is 4. The van der Waals surface area contributed by atoms with Gasteiger partial charge in [-0.3, -0.25) is 9.36 Å². The highest BCUT2D eigenvalue weighted by atomic mass is 31.1. The molecule has 1 amide bonds. The van der Waals surface area contributed by atoms with Crippen LogP contribution in [0.1, 0.15) is 16.6 Å². The van der Waals surface area contributed by atoms with Crippen molar-refractivity contribution < 1.29 is 23.2 Å². The summed E-state index contributed by atoms with van der Waals surface area (Å²) in [6.45, 7) is 1.54. The van der Waals surface area contributed by atoms with Gasteiger partial charge in [0.2, 0.25) is 0 Å². The van der Waals surface area contributed by atoms with Crippen molar-refractivity contribution in [2.75, 3.05) is 18.3 Å². The highest BCUT2D eigenvalue weighted by Gasteiger charge is 2.31. The number of hydrogen-bond donors (Lipinski definition) is 1. The van der Waals surface area contributed by atoms with Gasteiger partial charge in [-0.25, -0.2) is 19.3 Å². The molecule has 150 valence electrons. The van der Waals surface area contributed by atoms with Crippen LogP contribution in [0.15, 0.2) is 54.9 Å². The quantitative estimate of drug-likeness (QED) is 0.615. The van der Waals surface area contributed by atoms with Crippen molar-refractivity contribution in [2.24, 2.45) is 0 Å². The molecule has 1 unspecified atom stereocenters. The van der Waals surface area contributed by atoms with Crippen molar-refractivity contribution >= 4 is 30.7 Å². The maximum absolute atomic E-state index is 14.4. The molecule has 9 nitrogen and oxygen atoms in total. The van der Waals surface area contributed by atoms with Gasteiger partial charge in [-0.2, -0.15) is 0 Å². The Labute approximate surface area is 165 Å². The summed E-state index contributed by atoms with van der Waals surface area (Å²) in [6, 6.07) is 8.65. The lowest BCUT2D eigenvalue weighted by molar-refractivity contribution is -0.127. The third-order valence-electron chi connectivity index (χ3n) is 4.12. The minimum Gasteiger partial charge on any atom is -0.341 e. The zero-order chi connectivity index (χ0) is 20.4. The summed E-state index contributed by atoms with van der Waals surface area (Å²) >= 11 is 0. The predicted molar refractivity (Wildman–Crippen MR) is 104 cm³/mol. The second-order valence-corrected chi connectivity index (χ2v) is 7.98. The summed E-state index contributed by atoms with van der Waals surface area (Å²) in [4.78, 5) is 24.8. The summed E-state index contributed by atoms with van der Waals surface area (Å²) in [5.74, 6) is -0.743. The molecule has 3 aromatic rings. The topological polar surface area (TPSA) is 108 Å². The van der Waals surface area contributed by atoms with E-state index in [-0.39, 0.29) is 29.2 Å². The Kier molecular flexibility index (Phi) is 5.48. The Hall–Kier alpha value is -2.94. The van der Waals surface area contributed by atoms with Gasteiger partial charge in [-0.05, 0) is 18.8 Å². The average molecular weight is 417 g/mol. The highest BCUT2D eigenvalue weighted by molar-refractivity contribution is 7.43. The Morgan fingerprint density at radius 3 is 2.86 bits per heavy atom. The number of carbonyl (C=O) groups is 1. The molecule has 0 spiro atoms.